The van der Waals surface area contributed by atoms with Crippen LogP contribution in [0.4, 0.5) is 0 Å². The van der Waals surface area contributed by atoms with E-state index in [4.69, 9.17) is 14.2 Å². The number of hydrogen-bond donors (Lipinski definition) is 0. The van der Waals surface area contributed by atoms with Crippen LogP contribution in [0.1, 0.15) is 33.3 Å². The van der Waals surface area contributed by atoms with Gasteiger partial charge in [-0.25, -0.2) is 4.79 Å². The van der Waals surface area contributed by atoms with E-state index in [1.165, 1.54) is 0 Å². The molecule has 0 radical (unpaired) electrons. The maximum absolute atomic E-state index is 12.2. The fourth-order valence-corrected chi connectivity index (χ4v) is 2.28. The Morgan fingerprint density at radius 3 is 2.64 bits per heavy atom. The van der Waals surface area contributed by atoms with Gasteiger partial charge < -0.3 is 14.2 Å². The van der Waals surface area contributed by atoms with Gasteiger partial charge in [-0.15, -0.1) is 0 Å². The van der Waals surface area contributed by atoms with E-state index in [1.807, 2.05) is 52.0 Å². The van der Waals surface area contributed by atoms with E-state index >= 15 is 0 Å². The average molecular weight is 306 g/mol. The second-order valence-electron chi connectivity index (χ2n) is 6.42. The van der Waals surface area contributed by atoms with Crippen LogP contribution >= 0.6 is 0 Å². The van der Waals surface area contributed by atoms with Crippen molar-refractivity contribution in [2.75, 3.05) is 6.61 Å². The van der Waals surface area contributed by atoms with Crippen molar-refractivity contribution in [2.45, 2.75) is 46.3 Å². The molecule has 1 fully saturated rings. The van der Waals surface area contributed by atoms with Crippen LogP contribution in [0, 0.1) is 5.41 Å². The summed E-state index contributed by atoms with van der Waals surface area (Å²) in [6, 6.07) is 7.32. The maximum Gasteiger partial charge on any atom is 0.348 e. The molecule has 0 N–H and O–H groups in total. The van der Waals surface area contributed by atoms with Gasteiger partial charge in [-0.3, -0.25) is 4.79 Å². The molecule has 5 nitrogen and oxygen atoms in total. The molecule has 1 aromatic rings. The Kier molecular flexibility index (Phi) is 4.74. The van der Waals surface area contributed by atoms with Gasteiger partial charge in [0.2, 0.25) is 6.10 Å². The second kappa shape index (κ2) is 6.38. The van der Waals surface area contributed by atoms with Crippen molar-refractivity contribution in [3.05, 3.63) is 29.8 Å². The zero-order chi connectivity index (χ0) is 16.3. The first-order valence-corrected chi connectivity index (χ1v) is 7.40. The molecule has 1 aromatic carbocycles. The van der Waals surface area contributed by atoms with Crippen LogP contribution in [0.25, 0.3) is 0 Å². The van der Waals surface area contributed by atoms with Gasteiger partial charge in [-0.05, 0) is 19.9 Å². The maximum atomic E-state index is 12.2. The summed E-state index contributed by atoms with van der Waals surface area (Å²) in [6.07, 6.45) is -0.776. The lowest BCUT2D eigenvalue weighted by molar-refractivity contribution is -0.162. The zero-order valence-electron chi connectivity index (χ0n) is 13.4. The van der Waals surface area contributed by atoms with E-state index in [1.54, 1.807) is 0 Å². The number of benzene rings is 1. The predicted molar refractivity (Wildman–Crippen MR) is 80.5 cm³/mol. The molecule has 1 heterocycles. The first-order valence-electron chi connectivity index (χ1n) is 7.40. The number of carbonyl (C=O) groups is 2. The van der Waals surface area contributed by atoms with Crippen molar-refractivity contribution in [3.63, 3.8) is 0 Å². The molecule has 1 aliphatic rings. The monoisotopic (exact) mass is 306 g/mol. The molecule has 1 atom stereocenters. The molecule has 0 saturated carbocycles. The molecule has 0 aliphatic carbocycles. The quantitative estimate of drug-likeness (QED) is 0.782. The van der Waals surface area contributed by atoms with Gasteiger partial charge in [-0.1, -0.05) is 32.0 Å². The molecular formula is C17H22O5. The Balaban J connectivity index is 2.05. The number of carbonyl (C=O) groups excluding carboxylic acids is 2. The van der Waals surface area contributed by atoms with Crippen LogP contribution in [0.3, 0.4) is 0 Å². The predicted octanol–water partition coefficient (Wildman–Crippen LogP) is 2.51. The average Bonchev–Trinajstić information content (AvgIpc) is 2.67. The molecule has 1 aliphatic heterocycles. The Bertz CT molecular complexity index is 562. The largest absolute Gasteiger partial charge is 0.491 e. The molecule has 0 spiro atoms. The lowest BCUT2D eigenvalue weighted by Gasteiger charge is -2.22. The fraction of sp³-hybridized carbons (Fsp3) is 0.529. The normalized spacial score (nSPS) is 19.9. The van der Waals surface area contributed by atoms with Gasteiger partial charge in [0.1, 0.15) is 12.4 Å². The van der Waals surface area contributed by atoms with E-state index in [-0.39, 0.29) is 19.1 Å². The third-order valence-corrected chi connectivity index (χ3v) is 3.43. The highest BCUT2D eigenvalue weighted by Crippen LogP contribution is 2.31. The highest BCUT2D eigenvalue weighted by atomic mass is 16.6. The highest BCUT2D eigenvalue weighted by Gasteiger charge is 2.46. The summed E-state index contributed by atoms with van der Waals surface area (Å²) < 4.78 is 16.0. The Hall–Kier alpha value is -2.04. The highest BCUT2D eigenvalue weighted by molar-refractivity contribution is 5.82. The van der Waals surface area contributed by atoms with Crippen LogP contribution < -0.4 is 4.74 Å². The van der Waals surface area contributed by atoms with E-state index in [0.717, 1.165) is 5.56 Å². The van der Waals surface area contributed by atoms with Crippen LogP contribution in [0.5, 0.6) is 5.75 Å². The standard InChI is InChI=1S/C17H22O5/c1-11(2)21-13-8-6-5-7-12(13)9-14(18)22-15-16(19)20-10-17(15,3)4/h5-8,11,15H,9-10H2,1-4H3/t15-/m0/s1. The summed E-state index contributed by atoms with van der Waals surface area (Å²) in [6.45, 7) is 7.78. The Morgan fingerprint density at radius 2 is 2.05 bits per heavy atom. The molecule has 0 aromatic heterocycles. The molecule has 1 saturated heterocycles. The summed E-state index contributed by atoms with van der Waals surface area (Å²) in [5, 5.41) is 0. The third kappa shape index (κ3) is 3.78. The van der Waals surface area contributed by atoms with Crippen molar-refractivity contribution < 1.29 is 23.8 Å². The van der Waals surface area contributed by atoms with Crippen molar-refractivity contribution in [2.24, 2.45) is 5.41 Å². The summed E-state index contributed by atoms with van der Waals surface area (Å²) in [5.41, 5.74) is 0.242. The van der Waals surface area contributed by atoms with E-state index in [2.05, 4.69) is 0 Å². The second-order valence-corrected chi connectivity index (χ2v) is 6.42. The molecule has 2 rings (SSSR count). The van der Waals surface area contributed by atoms with Gasteiger partial charge >= 0.3 is 11.9 Å². The minimum Gasteiger partial charge on any atom is -0.491 e. The smallest absolute Gasteiger partial charge is 0.348 e. The zero-order valence-corrected chi connectivity index (χ0v) is 13.4. The molecule has 0 unspecified atom stereocenters. The first-order chi connectivity index (χ1) is 10.3. The number of para-hydroxylation sites is 1. The van der Waals surface area contributed by atoms with Crippen LogP contribution in [-0.4, -0.2) is 30.8 Å². The number of esters is 2. The van der Waals surface area contributed by atoms with Crippen LogP contribution in [-0.2, 0) is 25.5 Å². The van der Waals surface area contributed by atoms with Gasteiger partial charge in [0, 0.05) is 11.0 Å². The van der Waals surface area contributed by atoms with Crippen molar-refractivity contribution in [3.8, 4) is 5.75 Å². The number of rotatable bonds is 5. The fourth-order valence-electron chi connectivity index (χ4n) is 2.28. The number of cyclic esters (lactones) is 1. The van der Waals surface area contributed by atoms with E-state index < -0.39 is 23.5 Å². The van der Waals surface area contributed by atoms with Crippen LogP contribution in [0.2, 0.25) is 0 Å². The van der Waals surface area contributed by atoms with Crippen molar-refractivity contribution >= 4 is 11.9 Å². The van der Waals surface area contributed by atoms with Crippen LogP contribution in [0.15, 0.2) is 24.3 Å². The van der Waals surface area contributed by atoms with Crippen molar-refractivity contribution in [1.82, 2.24) is 0 Å². The number of ether oxygens (including phenoxy) is 3. The van der Waals surface area contributed by atoms with E-state index in [0.29, 0.717) is 5.75 Å². The lowest BCUT2D eigenvalue weighted by atomic mass is 9.90. The third-order valence-electron chi connectivity index (χ3n) is 3.43. The summed E-state index contributed by atoms with van der Waals surface area (Å²) >= 11 is 0. The Labute approximate surface area is 130 Å². The topological polar surface area (TPSA) is 61.8 Å². The molecular weight excluding hydrogens is 284 g/mol. The lowest BCUT2D eigenvalue weighted by Crippen LogP contribution is -2.35. The first kappa shape index (κ1) is 16.3. The van der Waals surface area contributed by atoms with Gasteiger partial charge in [0.25, 0.3) is 0 Å². The van der Waals surface area contributed by atoms with Gasteiger partial charge in [0.05, 0.1) is 12.5 Å². The molecule has 120 valence electrons. The summed E-state index contributed by atoms with van der Waals surface area (Å²) in [5.74, 6) is -0.287. The minimum absolute atomic E-state index is 0.0147. The number of hydrogen-bond acceptors (Lipinski definition) is 5. The molecule has 0 amide bonds. The molecule has 0 bridgehead atoms. The van der Waals surface area contributed by atoms with E-state index in [9.17, 15) is 9.59 Å². The summed E-state index contributed by atoms with van der Waals surface area (Å²) in [4.78, 5) is 23.8. The molecule has 22 heavy (non-hydrogen) atoms. The van der Waals surface area contributed by atoms with Gasteiger partial charge in [-0.2, -0.15) is 0 Å². The molecule has 5 heteroatoms. The minimum atomic E-state index is -0.849. The van der Waals surface area contributed by atoms with Crippen molar-refractivity contribution in [1.29, 1.82) is 0 Å². The van der Waals surface area contributed by atoms with Gasteiger partial charge in [0.15, 0.2) is 0 Å². The Morgan fingerprint density at radius 1 is 1.36 bits per heavy atom. The summed E-state index contributed by atoms with van der Waals surface area (Å²) in [7, 11) is 0. The SMILES string of the molecule is CC(C)Oc1ccccc1CC(=O)O[C@H]1C(=O)OCC1(C)C.